The van der Waals surface area contributed by atoms with Gasteiger partial charge in [0.05, 0.1) is 11.4 Å². The summed E-state index contributed by atoms with van der Waals surface area (Å²) >= 11 is 0. The highest BCUT2D eigenvalue weighted by molar-refractivity contribution is 6.08. The van der Waals surface area contributed by atoms with Crippen molar-refractivity contribution in [3.8, 4) is 0 Å². The van der Waals surface area contributed by atoms with Gasteiger partial charge in [0.2, 0.25) is 12.3 Å². The van der Waals surface area contributed by atoms with Crippen LogP contribution in [-0.2, 0) is 23.1 Å². The van der Waals surface area contributed by atoms with Gasteiger partial charge in [-0.3, -0.25) is 28.6 Å². The van der Waals surface area contributed by atoms with E-state index in [-0.39, 0.29) is 34.7 Å². The van der Waals surface area contributed by atoms with E-state index in [0.29, 0.717) is 24.1 Å². The molecule has 9 nitrogen and oxygen atoms in total. The Balaban J connectivity index is 2.30. The van der Waals surface area contributed by atoms with Crippen LogP contribution in [0.2, 0.25) is 0 Å². The number of carbonyl (C=O) groups is 3. The number of nitrogens with one attached hydrogen (secondary N) is 1. The first-order valence-electron chi connectivity index (χ1n) is 11.6. The number of aryl methyl sites for hydroxylation is 2. The van der Waals surface area contributed by atoms with E-state index in [1.54, 1.807) is 51.4 Å². The normalized spacial score (nSPS) is 10.6. The maximum atomic E-state index is 14.8. The molecule has 10 heteroatoms. The van der Waals surface area contributed by atoms with E-state index in [1.807, 2.05) is 0 Å². The molecule has 0 aliphatic carbocycles. The van der Waals surface area contributed by atoms with Crippen molar-refractivity contribution in [1.29, 1.82) is 0 Å². The molecule has 0 saturated carbocycles. The Labute approximate surface area is 214 Å². The summed E-state index contributed by atoms with van der Waals surface area (Å²) in [5, 5.41) is 2.90. The Morgan fingerprint density at radius 2 is 1.84 bits per heavy atom. The van der Waals surface area contributed by atoms with Crippen LogP contribution in [-0.4, -0.2) is 41.8 Å². The Hall–Kier alpha value is -4.47. The smallest absolute Gasteiger partial charge is 0.259 e. The number of rotatable bonds is 9. The molecular formula is C27H30FN5O4. The summed E-state index contributed by atoms with van der Waals surface area (Å²) in [5.74, 6) is -1.49. The minimum absolute atomic E-state index is 0.0132. The number of primary amides is 1. The lowest BCUT2D eigenvalue weighted by Crippen LogP contribution is -2.33. The fourth-order valence-corrected chi connectivity index (χ4v) is 4.02. The second-order valence-corrected chi connectivity index (χ2v) is 8.98. The number of pyridine rings is 1. The lowest BCUT2D eigenvalue weighted by atomic mass is 10.0. The molecule has 0 radical (unpaired) electrons. The van der Waals surface area contributed by atoms with Gasteiger partial charge in [-0.15, -0.1) is 0 Å². The van der Waals surface area contributed by atoms with Gasteiger partial charge in [-0.2, -0.15) is 0 Å². The van der Waals surface area contributed by atoms with E-state index in [9.17, 15) is 23.6 Å². The van der Waals surface area contributed by atoms with Gasteiger partial charge in [-0.1, -0.05) is 18.2 Å². The lowest BCUT2D eigenvalue weighted by molar-refractivity contribution is -0.118. The Morgan fingerprint density at radius 3 is 2.43 bits per heavy atom. The molecular weight excluding hydrogens is 477 g/mol. The van der Waals surface area contributed by atoms with E-state index < -0.39 is 23.2 Å². The van der Waals surface area contributed by atoms with Gasteiger partial charge in [0, 0.05) is 38.8 Å². The van der Waals surface area contributed by atoms with Crippen molar-refractivity contribution in [3.05, 3.63) is 80.9 Å². The van der Waals surface area contributed by atoms with Crippen molar-refractivity contribution in [3.63, 3.8) is 0 Å². The van der Waals surface area contributed by atoms with Gasteiger partial charge < -0.3 is 16.0 Å². The molecule has 1 aromatic heterocycles. The van der Waals surface area contributed by atoms with E-state index >= 15 is 0 Å². The second-order valence-electron chi connectivity index (χ2n) is 8.98. The summed E-state index contributed by atoms with van der Waals surface area (Å²) < 4.78 is 16.0. The summed E-state index contributed by atoms with van der Waals surface area (Å²) in [6, 6.07) is 11.4. The Kier molecular flexibility index (Phi) is 8.11. The first-order valence-corrected chi connectivity index (χ1v) is 11.6. The molecule has 194 valence electrons. The average molecular weight is 508 g/mol. The molecule has 0 aliphatic rings. The van der Waals surface area contributed by atoms with Crippen LogP contribution >= 0.6 is 0 Å². The average Bonchev–Trinajstić information content (AvgIpc) is 2.85. The molecule has 0 saturated heterocycles. The lowest BCUT2D eigenvalue weighted by Gasteiger charge is -2.28. The summed E-state index contributed by atoms with van der Waals surface area (Å²) in [6.45, 7) is 3.26. The van der Waals surface area contributed by atoms with Crippen LogP contribution in [0.25, 0.3) is 0 Å². The van der Waals surface area contributed by atoms with Crippen LogP contribution in [0.1, 0.15) is 33.5 Å². The molecule has 0 atom stereocenters. The van der Waals surface area contributed by atoms with Gasteiger partial charge in [0.1, 0.15) is 17.2 Å². The van der Waals surface area contributed by atoms with E-state index in [4.69, 9.17) is 5.73 Å². The number of hydrogen-bond donors (Lipinski definition) is 2. The quantitative estimate of drug-likeness (QED) is 0.431. The van der Waals surface area contributed by atoms with Gasteiger partial charge in [-0.25, -0.2) is 4.39 Å². The number of amides is 3. The van der Waals surface area contributed by atoms with E-state index in [0.717, 1.165) is 5.56 Å². The summed E-state index contributed by atoms with van der Waals surface area (Å²) in [6.07, 6.45) is 0.988. The largest absolute Gasteiger partial charge is 0.370 e. The fourth-order valence-electron chi connectivity index (χ4n) is 4.02. The standard InChI is InChI=1S/C27H30FN5O4/c1-16-9-11-21(20(28)13-16)30-25-23(27(37)31(3)4)24(17(2)26(36)32(25)5)33(15-34)19-8-6-7-18(14-19)10-12-22(29)35/h6-9,11,13-15,30H,10,12H2,1-5H3,(H2,29,35). The van der Waals surface area contributed by atoms with Crippen molar-refractivity contribution < 1.29 is 18.8 Å². The van der Waals surface area contributed by atoms with Crippen LogP contribution in [0.4, 0.5) is 27.3 Å². The van der Waals surface area contributed by atoms with Gasteiger partial charge in [0.15, 0.2) is 0 Å². The molecule has 37 heavy (non-hydrogen) atoms. The third-order valence-electron chi connectivity index (χ3n) is 5.98. The summed E-state index contributed by atoms with van der Waals surface area (Å²) in [7, 11) is 4.55. The van der Waals surface area contributed by atoms with Crippen LogP contribution < -0.4 is 21.5 Å². The maximum Gasteiger partial charge on any atom is 0.259 e. The molecule has 3 N–H and O–H groups in total. The topological polar surface area (TPSA) is 118 Å². The molecule has 1 heterocycles. The second kappa shape index (κ2) is 11.1. The van der Waals surface area contributed by atoms with Crippen molar-refractivity contribution in [2.75, 3.05) is 24.3 Å². The first-order chi connectivity index (χ1) is 17.5. The number of carbonyl (C=O) groups excluding carboxylic acids is 3. The summed E-state index contributed by atoms with van der Waals surface area (Å²) in [5.41, 5.74) is 6.92. The molecule has 3 rings (SSSR count). The number of halogens is 1. The number of nitrogens with two attached hydrogens (primary N) is 1. The van der Waals surface area contributed by atoms with Gasteiger partial charge in [0.25, 0.3) is 11.5 Å². The van der Waals surface area contributed by atoms with E-state index in [2.05, 4.69) is 5.32 Å². The molecule has 0 unspecified atom stereocenters. The SMILES string of the molecule is Cc1ccc(Nc2c(C(=O)N(C)C)c(N(C=O)c3cccc(CCC(N)=O)c3)c(C)c(=O)n2C)c(F)c1. The minimum Gasteiger partial charge on any atom is -0.370 e. The van der Waals surface area contributed by atoms with Crippen molar-refractivity contribution in [1.82, 2.24) is 9.47 Å². The zero-order chi connectivity index (χ0) is 27.4. The van der Waals surface area contributed by atoms with Gasteiger partial charge in [-0.05, 0) is 55.7 Å². The third kappa shape index (κ3) is 5.69. The molecule has 3 aromatic rings. The number of hydrogen-bond acceptors (Lipinski definition) is 5. The monoisotopic (exact) mass is 507 g/mol. The van der Waals surface area contributed by atoms with Gasteiger partial charge >= 0.3 is 0 Å². The highest BCUT2D eigenvalue weighted by atomic mass is 19.1. The zero-order valence-corrected chi connectivity index (χ0v) is 21.5. The summed E-state index contributed by atoms with van der Waals surface area (Å²) in [4.78, 5) is 53.0. The van der Waals surface area contributed by atoms with Crippen molar-refractivity contribution in [2.24, 2.45) is 12.8 Å². The molecule has 0 bridgehead atoms. The van der Waals surface area contributed by atoms with Crippen LogP contribution in [0.3, 0.4) is 0 Å². The number of nitrogens with zero attached hydrogens (tertiary/aromatic N) is 3. The molecule has 2 aromatic carbocycles. The van der Waals surface area contributed by atoms with Crippen LogP contribution in [0, 0.1) is 19.7 Å². The maximum absolute atomic E-state index is 14.8. The van der Waals surface area contributed by atoms with Crippen LogP contribution in [0.5, 0.6) is 0 Å². The van der Waals surface area contributed by atoms with Crippen LogP contribution in [0.15, 0.2) is 47.3 Å². The molecule has 0 spiro atoms. The van der Waals surface area contributed by atoms with E-state index in [1.165, 1.54) is 40.5 Å². The predicted octanol–water partition coefficient (Wildman–Crippen LogP) is 3.30. The highest BCUT2D eigenvalue weighted by Crippen LogP contribution is 2.36. The Bertz CT molecular complexity index is 1430. The zero-order valence-electron chi connectivity index (χ0n) is 21.5. The van der Waals surface area contributed by atoms with Crippen molar-refractivity contribution >= 4 is 41.1 Å². The Morgan fingerprint density at radius 1 is 1.14 bits per heavy atom. The molecule has 0 fully saturated rings. The van der Waals surface area contributed by atoms with Crippen molar-refractivity contribution in [2.45, 2.75) is 26.7 Å². The number of anilines is 4. The highest BCUT2D eigenvalue weighted by Gasteiger charge is 2.29. The minimum atomic E-state index is -0.563. The first kappa shape index (κ1) is 27.1. The predicted molar refractivity (Wildman–Crippen MR) is 141 cm³/mol. The fraction of sp³-hybridized carbons (Fsp3) is 0.259. The number of benzene rings is 2. The number of aromatic nitrogens is 1. The molecule has 3 amide bonds. The third-order valence-corrected chi connectivity index (χ3v) is 5.98. The molecule has 0 aliphatic heterocycles.